The van der Waals surface area contributed by atoms with E-state index in [-0.39, 0.29) is 17.9 Å². The third kappa shape index (κ3) is 1.64. The molecular weight excluding hydrogens is 300 g/mol. The van der Waals surface area contributed by atoms with E-state index in [0.717, 1.165) is 25.9 Å². The maximum atomic E-state index is 12.8. The minimum Gasteiger partial charge on any atom is -0.467 e. The average Bonchev–Trinajstić information content (AvgIpc) is 2.96. The van der Waals surface area contributed by atoms with E-state index in [2.05, 4.69) is 46.7 Å². The number of piperidine rings is 1. The molecule has 1 saturated heterocycles. The van der Waals surface area contributed by atoms with Crippen LogP contribution in [0.2, 0.25) is 0 Å². The number of nitrogens with zero attached hydrogens (tertiary/aromatic N) is 2. The highest BCUT2D eigenvalue weighted by Crippen LogP contribution is 2.53. The molecule has 24 heavy (non-hydrogen) atoms. The summed E-state index contributed by atoms with van der Waals surface area (Å²) in [5.74, 6) is 0.137. The molecule has 0 radical (unpaired) electrons. The van der Waals surface area contributed by atoms with E-state index >= 15 is 0 Å². The fraction of sp³-hybridized carbons (Fsp3) is 0.450. The molecule has 0 saturated carbocycles. The summed E-state index contributed by atoms with van der Waals surface area (Å²) in [4.78, 5) is 15.4. The summed E-state index contributed by atoms with van der Waals surface area (Å²) in [6, 6.07) is 8.75. The molecule has 2 bridgehead atoms. The number of benzene rings is 1. The fourth-order valence-electron chi connectivity index (χ4n) is 5.26. The van der Waals surface area contributed by atoms with E-state index in [1.54, 1.807) is 0 Å². The van der Waals surface area contributed by atoms with Gasteiger partial charge in [-0.2, -0.15) is 0 Å². The molecule has 3 aliphatic rings. The van der Waals surface area contributed by atoms with Gasteiger partial charge in [-0.15, -0.1) is 0 Å². The standard InChI is InChI=1S/C20H22N2O2/c1-3-12-11-21-9-8-14-13-6-4-5-7-16(13)22-18(14)17(21)10-15(12)19(22)20(23)24-2/h3-7,15,17,19H,8-11H2,1-2H3/b12-3-/t15-,17-,19-/m0/s1. The Bertz CT molecular complexity index is 879. The Morgan fingerprint density at radius 1 is 1.33 bits per heavy atom. The normalized spacial score (nSPS) is 29.9. The molecule has 0 spiro atoms. The van der Waals surface area contributed by atoms with Gasteiger partial charge in [0.15, 0.2) is 0 Å². The van der Waals surface area contributed by atoms with E-state index < -0.39 is 0 Å². The number of hydrogen-bond acceptors (Lipinski definition) is 3. The quantitative estimate of drug-likeness (QED) is 0.597. The molecule has 3 atom stereocenters. The lowest BCUT2D eigenvalue weighted by atomic mass is 9.75. The van der Waals surface area contributed by atoms with E-state index in [0.29, 0.717) is 6.04 Å². The SMILES string of the molecule is C/C=C1/CN2CCc3c4n(c5ccccc35)[C@H](C(=O)OC)[C@H]1C[C@@H]42. The molecule has 4 heteroatoms. The van der Waals surface area contributed by atoms with Crippen molar-refractivity contribution in [3.05, 3.63) is 47.2 Å². The van der Waals surface area contributed by atoms with Crippen molar-refractivity contribution < 1.29 is 9.53 Å². The zero-order valence-electron chi connectivity index (χ0n) is 14.2. The summed E-state index contributed by atoms with van der Waals surface area (Å²) >= 11 is 0. The first-order valence-corrected chi connectivity index (χ1v) is 8.83. The van der Waals surface area contributed by atoms with E-state index in [1.807, 2.05) is 0 Å². The number of carbonyl (C=O) groups excluding carboxylic acids is 1. The first kappa shape index (κ1) is 14.3. The van der Waals surface area contributed by atoms with Crippen LogP contribution in [0.15, 0.2) is 35.9 Å². The minimum absolute atomic E-state index is 0.111. The predicted molar refractivity (Wildman–Crippen MR) is 92.9 cm³/mol. The highest BCUT2D eigenvalue weighted by atomic mass is 16.5. The summed E-state index contributed by atoms with van der Waals surface area (Å²) in [6.07, 6.45) is 4.31. The average molecular weight is 322 g/mol. The van der Waals surface area contributed by atoms with Crippen LogP contribution in [-0.4, -0.2) is 35.6 Å². The molecule has 124 valence electrons. The molecule has 0 amide bonds. The molecule has 3 aliphatic heterocycles. The monoisotopic (exact) mass is 322 g/mol. The second-order valence-electron chi connectivity index (χ2n) is 7.16. The van der Waals surface area contributed by atoms with Gasteiger partial charge in [0, 0.05) is 35.6 Å². The van der Waals surface area contributed by atoms with Crippen molar-refractivity contribution in [2.45, 2.75) is 31.8 Å². The first-order valence-electron chi connectivity index (χ1n) is 8.83. The number of ether oxygens (including phenoxy) is 1. The lowest BCUT2D eigenvalue weighted by Crippen LogP contribution is -2.50. The summed E-state index contributed by atoms with van der Waals surface area (Å²) in [6.45, 7) is 4.20. The lowest BCUT2D eigenvalue weighted by Gasteiger charge is -2.50. The molecule has 4 heterocycles. The maximum Gasteiger partial charge on any atom is 0.329 e. The highest BCUT2D eigenvalue weighted by Gasteiger charge is 2.49. The van der Waals surface area contributed by atoms with Crippen LogP contribution in [0.25, 0.3) is 10.9 Å². The minimum atomic E-state index is -0.230. The van der Waals surface area contributed by atoms with Crippen LogP contribution in [0.3, 0.4) is 0 Å². The van der Waals surface area contributed by atoms with E-state index in [9.17, 15) is 4.79 Å². The van der Waals surface area contributed by atoms with Gasteiger partial charge >= 0.3 is 5.97 Å². The predicted octanol–water partition coefficient (Wildman–Crippen LogP) is 3.23. The molecule has 0 N–H and O–H groups in total. The maximum absolute atomic E-state index is 12.8. The Balaban J connectivity index is 1.86. The Labute approximate surface area is 141 Å². The largest absolute Gasteiger partial charge is 0.467 e. The number of esters is 1. The van der Waals surface area contributed by atoms with Crippen molar-refractivity contribution in [2.24, 2.45) is 5.92 Å². The molecule has 4 nitrogen and oxygen atoms in total. The van der Waals surface area contributed by atoms with Crippen molar-refractivity contribution in [1.82, 2.24) is 9.47 Å². The van der Waals surface area contributed by atoms with Crippen molar-refractivity contribution >= 4 is 16.9 Å². The third-order valence-corrected chi connectivity index (χ3v) is 6.27. The third-order valence-electron chi connectivity index (χ3n) is 6.27. The van der Waals surface area contributed by atoms with Crippen LogP contribution in [0.1, 0.15) is 36.7 Å². The van der Waals surface area contributed by atoms with Crippen molar-refractivity contribution in [1.29, 1.82) is 0 Å². The van der Waals surface area contributed by atoms with Crippen LogP contribution in [0.4, 0.5) is 0 Å². The van der Waals surface area contributed by atoms with Gasteiger partial charge in [-0.3, -0.25) is 4.90 Å². The molecule has 1 aromatic heterocycles. The van der Waals surface area contributed by atoms with Crippen LogP contribution >= 0.6 is 0 Å². The second kappa shape index (κ2) is 4.96. The molecule has 5 rings (SSSR count). The van der Waals surface area contributed by atoms with Crippen LogP contribution in [-0.2, 0) is 16.0 Å². The number of aromatic nitrogens is 1. The van der Waals surface area contributed by atoms with Gasteiger partial charge in [0.25, 0.3) is 0 Å². The second-order valence-corrected chi connectivity index (χ2v) is 7.16. The number of hydrogen-bond donors (Lipinski definition) is 0. The Kier molecular flexibility index (Phi) is 2.95. The number of carbonyl (C=O) groups is 1. The van der Waals surface area contributed by atoms with E-state index in [4.69, 9.17) is 4.74 Å². The highest BCUT2D eigenvalue weighted by molar-refractivity contribution is 5.89. The van der Waals surface area contributed by atoms with Crippen LogP contribution in [0.5, 0.6) is 0 Å². The lowest BCUT2D eigenvalue weighted by molar-refractivity contribution is -0.147. The summed E-state index contributed by atoms with van der Waals surface area (Å²) < 4.78 is 7.54. The van der Waals surface area contributed by atoms with Gasteiger partial charge in [-0.1, -0.05) is 29.8 Å². The van der Waals surface area contributed by atoms with Gasteiger partial charge in [0.2, 0.25) is 0 Å². The molecule has 2 aromatic rings. The Morgan fingerprint density at radius 3 is 2.96 bits per heavy atom. The van der Waals surface area contributed by atoms with Crippen molar-refractivity contribution in [3.8, 4) is 0 Å². The van der Waals surface area contributed by atoms with Crippen molar-refractivity contribution in [2.75, 3.05) is 20.2 Å². The van der Waals surface area contributed by atoms with Gasteiger partial charge in [-0.05, 0) is 31.4 Å². The number of methoxy groups -OCH3 is 1. The number of allylic oxidation sites excluding steroid dienone is 1. The van der Waals surface area contributed by atoms with E-state index in [1.165, 1.54) is 34.8 Å². The zero-order chi connectivity index (χ0) is 16.4. The van der Waals surface area contributed by atoms with Gasteiger partial charge in [0.05, 0.1) is 13.2 Å². The number of rotatable bonds is 1. The van der Waals surface area contributed by atoms with Crippen molar-refractivity contribution in [3.63, 3.8) is 0 Å². The van der Waals surface area contributed by atoms with Crippen LogP contribution < -0.4 is 0 Å². The summed E-state index contributed by atoms with van der Waals surface area (Å²) in [7, 11) is 1.51. The molecule has 0 aliphatic carbocycles. The molecule has 1 fully saturated rings. The summed E-state index contributed by atoms with van der Waals surface area (Å²) in [5.41, 5.74) is 5.38. The first-order chi connectivity index (χ1) is 11.7. The molecule has 1 aromatic carbocycles. The zero-order valence-corrected chi connectivity index (χ0v) is 14.2. The molecular formula is C20H22N2O2. The number of fused-ring (bicyclic) bond motifs is 4. The Morgan fingerprint density at radius 2 is 2.17 bits per heavy atom. The van der Waals surface area contributed by atoms with Gasteiger partial charge in [-0.25, -0.2) is 4.79 Å². The fourth-order valence-corrected chi connectivity index (χ4v) is 5.26. The van der Waals surface area contributed by atoms with Gasteiger partial charge in [0.1, 0.15) is 6.04 Å². The topological polar surface area (TPSA) is 34.5 Å². The molecule has 0 unspecified atom stereocenters. The smallest absolute Gasteiger partial charge is 0.329 e. The van der Waals surface area contributed by atoms with Crippen LogP contribution in [0, 0.1) is 5.92 Å². The van der Waals surface area contributed by atoms with Gasteiger partial charge < -0.3 is 9.30 Å². The Hall–Kier alpha value is -2.07. The summed E-state index contributed by atoms with van der Waals surface area (Å²) in [5, 5.41) is 1.32. The number of para-hydroxylation sites is 1.